The maximum Gasteiger partial charge on any atom is 0.193 e. The fourth-order valence-electron chi connectivity index (χ4n) is 9.55. The highest BCUT2D eigenvalue weighted by Crippen LogP contribution is 2.51. The number of aliphatic hydroxyl groups is 1. The largest absolute Gasteiger partial charge is 0.391 e. The number of thiol groups is 1. The third-order valence-corrected chi connectivity index (χ3v) is 34.2. The number of alkyl halides is 3. The molecule has 6 unspecified atom stereocenters. The van der Waals surface area contributed by atoms with Crippen LogP contribution < -0.4 is 11.1 Å². The molecule has 4 N–H and O–H groups in total. The van der Waals surface area contributed by atoms with Gasteiger partial charge in [-0.25, -0.2) is 23.8 Å². The first-order valence-electron chi connectivity index (χ1n) is 31.6. The van der Waals surface area contributed by atoms with Crippen molar-refractivity contribution in [2.45, 2.75) is 107 Å². The molecule has 95 heavy (non-hydrogen) atoms. The molecule has 0 aliphatic carbocycles. The molecule has 8 aromatic carbocycles. The highest BCUT2D eigenvalue weighted by atomic mass is 35.5. The zero-order valence-electron chi connectivity index (χ0n) is 54.7. The van der Waals surface area contributed by atoms with Crippen molar-refractivity contribution in [1.29, 1.82) is 0 Å². The fraction of sp³-hybridized carbons (Fsp3) is 0.355. The molecule has 3 fully saturated rings. The SMILES string of the molecule is C.C[Si](C)(C)S[Si](C)(C)C.ClCC1CO1.Fc1ccc(C2(c3ccccc3)OC(CCl)CS2)cc1.Fc1ccc(C2(c3ccccc3)OC(CNCCCc3ccccc3)CS2)cc1.NCCCc1ccccc1.O=C(c1ccccc1)c1ccc(F)cc1.OC(CS)CCl. The molecule has 3 saturated heterocycles. The van der Waals surface area contributed by atoms with Crippen LogP contribution in [0.5, 0.6) is 0 Å². The quantitative estimate of drug-likeness (QED) is 0.0139. The van der Waals surface area contributed by atoms with Gasteiger partial charge < -0.3 is 30.4 Å². The summed E-state index contributed by atoms with van der Waals surface area (Å²) < 4.78 is 56.8. The molecule has 8 aromatic rings. The lowest BCUT2D eigenvalue weighted by atomic mass is 10.0. The molecule has 7 nitrogen and oxygen atoms in total. The molecular formula is C76H96Cl3F3N2O5S4Si2. The predicted molar refractivity (Wildman–Crippen MR) is 412 cm³/mol. The molecular weight excluding hydrogens is 1370 g/mol. The number of hydrogen-bond acceptors (Lipinski definition) is 11. The Hall–Kier alpha value is -4.32. The van der Waals surface area contributed by atoms with Crippen molar-refractivity contribution in [2.75, 3.05) is 61.1 Å². The molecule has 0 amide bonds. The maximum absolute atomic E-state index is 13.5. The average Bonchev–Trinajstić information content (AvgIpc) is 1.69. The standard InChI is InChI=1S/C25H26FNOS.C16H14ClFOS.C13H9FO.C9H13N.C6H18SSi2.C3H7ClOS.C3H5ClO.CH4/c26-23-15-13-22(14-16-23)25(21-11-5-2-6-12-21)28-24(19-29-25)18-27-17-7-10-20-8-3-1-4-9-20;17-10-15-11-20-16(19-15,12-4-2-1-3-5-12)13-6-8-14(18)9-7-13;14-12-8-6-11(7-9-12)13(15)10-4-2-1-3-5-10;10-8-4-7-9-5-2-1-3-6-9;1-8(2,3)7-9(4,5)6;4-1-3(5)2-6;4-1-3-2-5-3;/h1-6,8-9,11-16,24,27H,7,10,17-19H2;1-9,15H,10-11H2;1-9H;1-3,5-6H,4,7-8,10H2;1-6H3;3,5-6H,1-2H2;3H,1-2H2;1H4. The molecule has 514 valence electrons. The van der Waals surface area contributed by atoms with E-state index in [1.807, 2.05) is 72.8 Å². The number of aliphatic hydroxyl groups excluding tert-OH is 1. The molecule has 6 atom stereocenters. The minimum absolute atomic E-state index is 0. The molecule has 0 bridgehead atoms. The number of nitrogens with one attached hydrogen (secondary N) is 1. The Morgan fingerprint density at radius 3 is 1.26 bits per heavy atom. The Labute approximate surface area is 599 Å². The lowest BCUT2D eigenvalue weighted by molar-refractivity contribution is 0.0156. The van der Waals surface area contributed by atoms with E-state index in [4.69, 9.17) is 59.9 Å². The number of ether oxygens (including phenoxy) is 3. The number of benzene rings is 8. The summed E-state index contributed by atoms with van der Waals surface area (Å²) in [5, 5.41) is 12.0. The van der Waals surface area contributed by atoms with Gasteiger partial charge in [-0.05, 0) is 121 Å². The zero-order chi connectivity index (χ0) is 68.2. The third-order valence-electron chi connectivity index (χ3n) is 13.8. The number of aryl methyl sites for hydroxylation is 2. The Balaban J connectivity index is 0.000000255. The van der Waals surface area contributed by atoms with Crippen LogP contribution in [-0.2, 0) is 36.9 Å². The van der Waals surface area contributed by atoms with Crippen molar-refractivity contribution in [1.82, 2.24) is 5.32 Å². The molecule has 0 aromatic heterocycles. The van der Waals surface area contributed by atoms with Crippen LogP contribution in [0.25, 0.3) is 0 Å². The van der Waals surface area contributed by atoms with Gasteiger partial charge in [0.2, 0.25) is 0 Å². The lowest BCUT2D eigenvalue weighted by Gasteiger charge is -2.30. The van der Waals surface area contributed by atoms with Crippen LogP contribution >= 0.6 is 81.6 Å². The summed E-state index contributed by atoms with van der Waals surface area (Å²) in [7, 11) is 0.663. The Kier molecular flexibility index (Phi) is 39.1. The van der Waals surface area contributed by atoms with E-state index in [1.165, 1.54) is 59.7 Å². The summed E-state index contributed by atoms with van der Waals surface area (Å²) in [5.41, 5.74) is 13.3. The van der Waals surface area contributed by atoms with Crippen LogP contribution in [0.3, 0.4) is 0 Å². The van der Waals surface area contributed by atoms with Crippen molar-refractivity contribution in [2.24, 2.45) is 5.73 Å². The van der Waals surface area contributed by atoms with Crippen LogP contribution in [0.1, 0.15) is 69.6 Å². The molecule has 0 spiro atoms. The van der Waals surface area contributed by atoms with E-state index in [0.717, 1.165) is 85.7 Å². The first-order valence-corrected chi connectivity index (χ1v) is 45.0. The number of ketones is 1. The van der Waals surface area contributed by atoms with Gasteiger partial charge in [0.15, 0.2) is 15.6 Å². The van der Waals surface area contributed by atoms with Crippen molar-refractivity contribution in [3.63, 3.8) is 0 Å². The van der Waals surface area contributed by atoms with Gasteiger partial charge in [-0.15, -0.1) is 58.3 Å². The minimum atomic E-state index is -0.814. The fourth-order valence-corrected chi connectivity index (χ4v) is 37.1. The highest BCUT2D eigenvalue weighted by Gasteiger charge is 2.45. The predicted octanol–water partition coefficient (Wildman–Crippen LogP) is 19.6. The number of carbonyl (C=O) groups is 1. The zero-order valence-corrected chi connectivity index (χ0v) is 62.3. The molecule has 19 heteroatoms. The smallest absolute Gasteiger partial charge is 0.193 e. The second kappa shape index (κ2) is 44.7. The molecule has 3 aliphatic rings. The van der Waals surface area contributed by atoms with E-state index in [0.29, 0.717) is 34.7 Å². The second-order valence-corrected chi connectivity index (χ2v) is 46.2. The number of epoxide rings is 1. The van der Waals surface area contributed by atoms with Gasteiger partial charge in [-0.3, -0.25) is 4.79 Å². The Morgan fingerprint density at radius 2 is 0.926 bits per heavy atom. The van der Waals surface area contributed by atoms with Gasteiger partial charge >= 0.3 is 0 Å². The van der Waals surface area contributed by atoms with Gasteiger partial charge in [0.25, 0.3) is 0 Å². The number of thioether (sulfide) groups is 2. The summed E-state index contributed by atoms with van der Waals surface area (Å²) in [5.74, 6) is 2.70. The molecule has 0 saturated carbocycles. The third kappa shape index (κ3) is 31.2. The van der Waals surface area contributed by atoms with Crippen LogP contribution in [0.2, 0.25) is 39.3 Å². The summed E-state index contributed by atoms with van der Waals surface area (Å²) in [6.07, 6.45) is 4.46. The number of rotatable bonds is 21. The first kappa shape index (κ1) is 83.1. The van der Waals surface area contributed by atoms with Crippen LogP contribution in [0.15, 0.2) is 224 Å². The number of halogens is 6. The summed E-state index contributed by atoms with van der Waals surface area (Å²) >= 11 is 23.6. The topological polar surface area (TPSA) is 106 Å². The molecule has 11 rings (SSSR count). The number of hydrogen-bond donors (Lipinski definition) is 4. The van der Waals surface area contributed by atoms with Gasteiger partial charge in [0.05, 0.1) is 36.9 Å². The van der Waals surface area contributed by atoms with Gasteiger partial charge in [0, 0.05) is 46.7 Å². The van der Waals surface area contributed by atoms with E-state index in [1.54, 1.807) is 59.9 Å². The summed E-state index contributed by atoms with van der Waals surface area (Å²) in [4.78, 5) is 10.7. The number of carbonyl (C=O) groups excluding carboxylic acids is 1. The lowest BCUT2D eigenvalue weighted by Crippen LogP contribution is -2.32. The van der Waals surface area contributed by atoms with Crippen LogP contribution in [0.4, 0.5) is 13.2 Å². The van der Waals surface area contributed by atoms with Gasteiger partial charge in [-0.1, -0.05) is 223 Å². The van der Waals surface area contributed by atoms with Crippen LogP contribution in [-0.4, -0.2) is 111 Å². The van der Waals surface area contributed by atoms with Gasteiger partial charge in [-0.2, -0.15) is 12.6 Å². The summed E-state index contributed by atoms with van der Waals surface area (Å²) in [6, 6.07) is 69.0. The van der Waals surface area contributed by atoms with Crippen molar-refractivity contribution in [3.05, 3.63) is 286 Å². The van der Waals surface area contributed by atoms with E-state index in [9.17, 15) is 18.0 Å². The molecule has 3 aliphatic heterocycles. The first-order chi connectivity index (χ1) is 45.2. The Bertz CT molecular complexity index is 3290. The average molecular weight is 1470 g/mol. The number of nitrogens with two attached hydrogens (primary N) is 1. The van der Waals surface area contributed by atoms with E-state index < -0.39 is 30.4 Å². The maximum atomic E-state index is 13.5. The second-order valence-electron chi connectivity index (χ2n) is 24.0. The monoisotopic (exact) mass is 1460 g/mol. The summed E-state index contributed by atoms with van der Waals surface area (Å²) in [6.45, 7) is 18.0. The molecule has 3 heterocycles. The van der Waals surface area contributed by atoms with E-state index in [-0.39, 0.29) is 48.7 Å². The molecule has 0 radical (unpaired) electrons. The van der Waals surface area contributed by atoms with Crippen molar-refractivity contribution >= 4 is 102 Å². The van der Waals surface area contributed by atoms with Crippen molar-refractivity contribution in [3.8, 4) is 0 Å². The van der Waals surface area contributed by atoms with Crippen molar-refractivity contribution < 1.29 is 37.3 Å². The van der Waals surface area contributed by atoms with Gasteiger partial charge in [0.1, 0.15) is 31.9 Å². The minimum Gasteiger partial charge on any atom is -0.391 e. The Morgan fingerprint density at radius 1 is 0.568 bits per heavy atom. The van der Waals surface area contributed by atoms with E-state index >= 15 is 0 Å². The highest BCUT2D eigenvalue weighted by molar-refractivity contribution is 8.49. The normalized spacial score (nSPS) is 18.6. The van der Waals surface area contributed by atoms with Crippen LogP contribution in [0, 0.1) is 17.5 Å². The van der Waals surface area contributed by atoms with E-state index in [2.05, 4.69) is 135 Å².